The molecule has 0 atom stereocenters. The van der Waals surface area contributed by atoms with E-state index in [2.05, 4.69) is 0 Å². The van der Waals surface area contributed by atoms with Crippen molar-refractivity contribution in [3.05, 3.63) is 0 Å². The molecule has 0 N–H and O–H groups in total. The smallest absolute Gasteiger partial charge is 0.854 e. The third-order valence-corrected chi connectivity index (χ3v) is 0.498. The molecule has 0 heterocycles. The van der Waals surface area contributed by atoms with Gasteiger partial charge in [-0.1, -0.05) is 40.5 Å². The van der Waals surface area contributed by atoms with Crippen LogP contribution in [0.5, 0.6) is 0 Å². The van der Waals surface area contributed by atoms with Crippen LogP contribution in [0.25, 0.3) is 0 Å². The summed E-state index contributed by atoms with van der Waals surface area (Å²) in [5.74, 6) is 0. The molecular formula is C8H18KNaO2. The zero-order chi connectivity index (χ0) is 8.62. The molecule has 0 unspecified atom stereocenters. The van der Waals surface area contributed by atoms with Gasteiger partial charge in [0.15, 0.2) is 0 Å². The van der Waals surface area contributed by atoms with Gasteiger partial charge in [-0.3, -0.25) is 0 Å². The molecule has 0 amide bonds. The van der Waals surface area contributed by atoms with Crippen LogP contribution in [0.15, 0.2) is 0 Å². The maximum atomic E-state index is 10.1. The van der Waals surface area contributed by atoms with Crippen LogP contribution in [0.2, 0.25) is 0 Å². The Bertz CT molecular complexity index is 56.6. The molecule has 0 saturated heterocycles. The Labute approximate surface area is 141 Å². The van der Waals surface area contributed by atoms with Gasteiger partial charge < -0.3 is 10.2 Å². The van der Waals surface area contributed by atoms with Gasteiger partial charge in [-0.25, -0.2) is 0 Å². The van der Waals surface area contributed by atoms with Gasteiger partial charge in [-0.05, 0) is 0 Å². The number of rotatable bonds is 2. The first-order chi connectivity index (χ1) is 4.41. The van der Waals surface area contributed by atoms with E-state index in [9.17, 15) is 10.2 Å². The SMILES string of the molecule is CC(C)(C)[O-].CCCC[O-].[K+].[Na+]. The summed E-state index contributed by atoms with van der Waals surface area (Å²) < 4.78 is 0. The molecular weight excluding hydrogens is 190 g/mol. The van der Waals surface area contributed by atoms with Crippen molar-refractivity contribution in [2.24, 2.45) is 0 Å². The summed E-state index contributed by atoms with van der Waals surface area (Å²) in [6, 6.07) is 0. The summed E-state index contributed by atoms with van der Waals surface area (Å²) in [5.41, 5.74) is -0.750. The fraction of sp³-hybridized carbons (Fsp3) is 1.00. The summed E-state index contributed by atoms with van der Waals surface area (Å²) in [6.45, 7) is 7.00. The molecule has 0 spiro atoms. The van der Waals surface area contributed by atoms with Crippen molar-refractivity contribution in [1.82, 2.24) is 0 Å². The summed E-state index contributed by atoms with van der Waals surface area (Å²) >= 11 is 0. The van der Waals surface area contributed by atoms with Crippen molar-refractivity contribution in [2.45, 2.75) is 46.1 Å². The molecule has 0 aliphatic rings. The maximum Gasteiger partial charge on any atom is 1.00 e. The van der Waals surface area contributed by atoms with Crippen LogP contribution in [0, 0.1) is 0 Å². The monoisotopic (exact) mass is 208 g/mol. The fourth-order valence-electron chi connectivity index (χ4n) is 0.144. The molecule has 0 aromatic heterocycles. The van der Waals surface area contributed by atoms with Crippen LogP contribution in [0.4, 0.5) is 0 Å². The summed E-state index contributed by atoms with van der Waals surface area (Å²) in [7, 11) is 0. The van der Waals surface area contributed by atoms with Crippen molar-refractivity contribution < 1.29 is 91.2 Å². The Kier molecular flexibility index (Phi) is 32.0. The molecule has 64 valence electrons. The second-order valence-electron chi connectivity index (χ2n) is 3.17. The van der Waals surface area contributed by atoms with E-state index in [1.54, 1.807) is 20.8 Å². The minimum absolute atomic E-state index is 0. The first-order valence-electron chi connectivity index (χ1n) is 3.70. The second kappa shape index (κ2) is 16.0. The third kappa shape index (κ3) is 80.8. The predicted molar refractivity (Wildman–Crippen MR) is 39.5 cm³/mol. The van der Waals surface area contributed by atoms with E-state index >= 15 is 0 Å². The molecule has 0 saturated carbocycles. The van der Waals surface area contributed by atoms with Crippen molar-refractivity contribution in [2.75, 3.05) is 6.61 Å². The zero-order valence-electron chi connectivity index (χ0n) is 9.44. The zero-order valence-corrected chi connectivity index (χ0v) is 14.6. The second-order valence-corrected chi connectivity index (χ2v) is 3.17. The van der Waals surface area contributed by atoms with Crippen molar-refractivity contribution >= 4 is 0 Å². The van der Waals surface area contributed by atoms with E-state index in [0.29, 0.717) is 0 Å². The topological polar surface area (TPSA) is 46.1 Å². The maximum absolute atomic E-state index is 10.1. The Balaban J connectivity index is -0.0000000457. The minimum Gasteiger partial charge on any atom is -0.854 e. The Morgan fingerprint density at radius 3 is 1.42 bits per heavy atom. The van der Waals surface area contributed by atoms with Gasteiger partial charge in [0.25, 0.3) is 0 Å². The number of hydrogen-bond donors (Lipinski definition) is 0. The molecule has 0 bridgehead atoms. The summed E-state index contributed by atoms with van der Waals surface area (Å²) in [4.78, 5) is 0. The molecule has 4 heteroatoms. The van der Waals surface area contributed by atoms with E-state index in [4.69, 9.17) is 0 Å². The Hall–Kier alpha value is 2.56. The third-order valence-electron chi connectivity index (χ3n) is 0.498. The van der Waals surface area contributed by atoms with Crippen LogP contribution < -0.4 is 91.2 Å². The quantitative estimate of drug-likeness (QED) is 0.425. The molecule has 2 nitrogen and oxygen atoms in total. The van der Waals surface area contributed by atoms with E-state index in [0.717, 1.165) is 12.8 Å². The van der Waals surface area contributed by atoms with Crippen molar-refractivity contribution in [3.63, 3.8) is 0 Å². The summed E-state index contributed by atoms with van der Waals surface area (Å²) in [6.07, 6.45) is 1.86. The van der Waals surface area contributed by atoms with E-state index < -0.39 is 5.60 Å². The number of hydrogen-bond acceptors (Lipinski definition) is 2. The van der Waals surface area contributed by atoms with E-state index in [1.807, 2.05) is 6.92 Å². The molecule has 0 aliphatic heterocycles. The van der Waals surface area contributed by atoms with Crippen molar-refractivity contribution in [1.29, 1.82) is 0 Å². The normalized spacial score (nSPS) is 8.50. The van der Waals surface area contributed by atoms with Crippen LogP contribution in [0.1, 0.15) is 40.5 Å². The first kappa shape index (κ1) is 24.0. The fourth-order valence-corrected chi connectivity index (χ4v) is 0.144. The molecule has 0 aromatic rings. The van der Waals surface area contributed by atoms with Gasteiger partial charge in [0, 0.05) is 0 Å². The van der Waals surface area contributed by atoms with Crippen LogP contribution in [-0.2, 0) is 0 Å². The average Bonchev–Trinajstić information content (AvgIpc) is 1.63. The Morgan fingerprint density at radius 1 is 1.17 bits per heavy atom. The molecule has 0 rings (SSSR count). The van der Waals surface area contributed by atoms with Gasteiger partial charge in [0.2, 0.25) is 0 Å². The molecule has 12 heavy (non-hydrogen) atoms. The standard InChI is InChI=1S/2C4H9O.K.Na/c1-4(2,3)5;1-2-3-4-5;;/h1-3H3;2-4H2,1H3;;/q2*-1;2*+1. The molecule has 0 aliphatic carbocycles. The van der Waals surface area contributed by atoms with Crippen LogP contribution >= 0.6 is 0 Å². The van der Waals surface area contributed by atoms with Gasteiger partial charge in [-0.15, -0.1) is 12.2 Å². The predicted octanol–water partition coefficient (Wildman–Crippen LogP) is -5.70. The van der Waals surface area contributed by atoms with E-state index in [1.165, 1.54) is 0 Å². The molecule has 0 aromatic carbocycles. The van der Waals surface area contributed by atoms with Gasteiger partial charge in [0.1, 0.15) is 0 Å². The molecule has 0 fully saturated rings. The molecule has 0 radical (unpaired) electrons. The Morgan fingerprint density at radius 2 is 1.42 bits per heavy atom. The van der Waals surface area contributed by atoms with Gasteiger partial charge in [-0.2, -0.15) is 0 Å². The summed E-state index contributed by atoms with van der Waals surface area (Å²) in [5, 5.41) is 19.6. The van der Waals surface area contributed by atoms with E-state index in [-0.39, 0.29) is 87.5 Å². The average molecular weight is 208 g/mol. The van der Waals surface area contributed by atoms with Crippen molar-refractivity contribution in [3.8, 4) is 0 Å². The van der Waals surface area contributed by atoms with Crippen LogP contribution in [0.3, 0.4) is 0 Å². The van der Waals surface area contributed by atoms with Gasteiger partial charge in [0.05, 0.1) is 0 Å². The largest absolute Gasteiger partial charge is 1.00 e. The van der Waals surface area contributed by atoms with Gasteiger partial charge >= 0.3 is 80.9 Å². The van der Waals surface area contributed by atoms with Crippen LogP contribution in [-0.4, -0.2) is 12.2 Å². The minimum atomic E-state index is -0.750. The first-order valence-corrected chi connectivity index (χ1v) is 3.70. The number of unbranched alkanes of at least 4 members (excludes halogenated alkanes) is 1.